The molecule has 2 aromatic carbocycles. The number of β-amino-alcohol motifs (C(OH)–C–C–N with tert-alkyl or cyclic N) is 1. The lowest BCUT2D eigenvalue weighted by atomic mass is 9.70. The first kappa shape index (κ1) is 64.5. The third-order valence-corrected chi connectivity index (χ3v) is 15.6. The summed E-state index contributed by atoms with van der Waals surface area (Å²) in [5.74, 6) is -3.19. The highest BCUT2D eigenvalue weighted by Gasteiger charge is 2.56. The molecule has 0 aromatic heterocycles. The Morgan fingerprint density at radius 2 is 1.55 bits per heavy atom. The van der Waals surface area contributed by atoms with Crippen LogP contribution in [-0.4, -0.2) is 184 Å². The van der Waals surface area contributed by atoms with Gasteiger partial charge in [0.2, 0.25) is 0 Å². The molecule has 3 aliphatic heterocycles. The smallest absolute Gasteiger partial charge is 0.309 e. The van der Waals surface area contributed by atoms with Gasteiger partial charge in [-0.15, -0.1) is 0 Å². The van der Waals surface area contributed by atoms with Crippen LogP contribution in [0.4, 0.5) is 0 Å². The fraction of sp³-hybridized carbons (Fsp3) is 0.729. The lowest BCUT2D eigenvalue weighted by Crippen LogP contribution is -2.67. The number of esters is 4. The van der Waals surface area contributed by atoms with Gasteiger partial charge in [0.15, 0.2) is 24.3 Å². The molecule has 16 atom stereocenters. The van der Waals surface area contributed by atoms with Crippen LogP contribution in [-0.2, 0) is 79.6 Å². The molecule has 2 N–H and O–H groups in total. The van der Waals surface area contributed by atoms with Crippen LogP contribution in [0.25, 0.3) is 0 Å². The molecule has 0 saturated carbocycles. The van der Waals surface area contributed by atoms with Crippen LogP contribution in [0.15, 0.2) is 54.6 Å². The number of carbonyl (C=O) groups excluding carboxylic acids is 4. The molecule has 0 amide bonds. The molecule has 5 rings (SSSR count). The molecule has 0 spiro atoms. The Balaban J connectivity index is 1.50. The zero-order valence-electron chi connectivity index (χ0n) is 48.5. The number of rotatable bonds is 21. The minimum atomic E-state index is -1.34. The van der Waals surface area contributed by atoms with Gasteiger partial charge in [-0.05, 0) is 103 Å². The van der Waals surface area contributed by atoms with Gasteiger partial charge in [-0.3, -0.25) is 19.2 Å². The van der Waals surface area contributed by atoms with Crippen molar-refractivity contribution in [2.45, 2.75) is 205 Å². The summed E-state index contributed by atoms with van der Waals surface area (Å²) in [6.07, 6.45) is -8.94. The fourth-order valence-corrected chi connectivity index (χ4v) is 11.6. The van der Waals surface area contributed by atoms with Gasteiger partial charge in [-0.25, -0.2) is 0 Å². The Bertz CT molecular complexity index is 2150. The van der Waals surface area contributed by atoms with Crippen molar-refractivity contribution in [1.82, 2.24) is 9.80 Å². The summed E-state index contributed by atoms with van der Waals surface area (Å²) in [6, 6.07) is 17.3. The quantitative estimate of drug-likeness (QED) is 0.0782. The maximum absolute atomic E-state index is 14.2. The van der Waals surface area contributed by atoms with E-state index < -0.39 is 121 Å². The van der Waals surface area contributed by atoms with Crippen LogP contribution in [0.5, 0.6) is 5.75 Å². The van der Waals surface area contributed by atoms with Crippen molar-refractivity contribution in [3.05, 3.63) is 65.7 Å². The minimum absolute atomic E-state index is 0.00864. The molecule has 3 aliphatic rings. The van der Waals surface area contributed by atoms with Crippen LogP contribution < -0.4 is 4.74 Å². The SMILES string of the molecule is CCC(=O)O[C@@H]1CC(=O)O[C@H](C)CCN(CCCc2ccccc2OCc2ccccc2)C[C@H](O)[C@H](C)C[C@H](CC(OC)OC)[C@H]([C@@H]2O[C@H](C)[C@@H](O[C@H]3C[C@@](C)(OC(C)=O)[C@@H](OC(=O)CC)[C@H](C)O3)[C@H](N(C)C)[C@H]2O)[C@@H]1OC. The van der Waals surface area contributed by atoms with Crippen LogP contribution in [0.2, 0.25) is 0 Å². The number of aliphatic hydroxyl groups excluding tert-OH is 2. The van der Waals surface area contributed by atoms with Gasteiger partial charge < -0.3 is 72.1 Å². The van der Waals surface area contributed by atoms with Crippen molar-refractivity contribution in [2.75, 3.05) is 55.1 Å². The van der Waals surface area contributed by atoms with Gasteiger partial charge in [0.1, 0.15) is 36.8 Å². The van der Waals surface area contributed by atoms with Gasteiger partial charge >= 0.3 is 23.9 Å². The second-order valence-corrected chi connectivity index (χ2v) is 21.9. The molecule has 3 heterocycles. The summed E-state index contributed by atoms with van der Waals surface area (Å²) < 4.78 is 68.5. The van der Waals surface area contributed by atoms with Gasteiger partial charge in [0.05, 0.1) is 43.0 Å². The van der Waals surface area contributed by atoms with Crippen molar-refractivity contribution in [3.63, 3.8) is 0 Å². The zero-order chi connectivity index (χ0) is 57.3. The third-order valence-electron chi connectivity index (χ3n) is 15.6. The van der Waals surface area contributed by atoms with Crippen molar-refractivity contribution in [2.24, 2.45) is 17.8 Å². The summed E-state index contributed by atoms with van der Waals surface area (Å²) in [5.41, 5.74) is 0.820. The number of aryl methyl sites for hydroxylation is 1. The highest BCUT2D eigenvalue weighted by molar-refractivity contribution is 5.73. The molecule has 78 heavy (non-hydrogen) atoms. The second kappa shape index (κ2) is 31.1. The number of hydrogen-bond donors (Lipinski definition) is 2. The predicted molar refractivity (Wildman–Crippen MR) is 289 cm³/mol. The summed E-state index contributed by atoms with van der Waals surface area (Å²) >= 11 is 0. The van der Waals surface area contributed by atoms with E-state index in [0.29, 0.717) is 39.1 Å². The van der Waals surface area contributed by atoms with Crippen LogP contribution in [0.1, 0.15) is 118 Å². The van der Waals surface area contributed by atoms with Crippen molar-refractivity contribution < 1.29 is 81.5 Å². The number of likely N-dealkylation sites (N-methyl/N-ethyl adjacent to an activating group) is 1. The van der Waals surface area contributed by atoms with E-state index in [1.807, 2.05) is 88.3 Å². The normalized spacial score (nSPS) is 32.8. The number of carbonyl (C=O) groups is 4. The van der Waals surface area contributed by atoms with E-state index in [9.17, 15) is 29.4 Å². The molecule has 19 nitrogen and oxygen atoms in total. The Morgan fingerprint density at radius 1 is 0.885 bits per heavy atom. The van der Waals surface area contributed by atoms with Crippen LogP contribution in [0, 0.1) is 17.8 Å². The van der Waals surface area contributed by atoms with E-state index in [1.165, 1.54) is 28.3 Å². The number of para-hydroxylation sites is 1. The van der Waals surface area contributed by atoms with Crippen molar-refractivity contribution in [3.8, 4) is 5.75 Å². The number of methoxy groups -OCH3 is 3. The minimum Gasteiger partial charge on any atom is -0.489 e. The average molecular weight is 1100 g/mol. The van der Waals surface area contributed by atoms with Gasteiger partial charge in [0.25, 0.3) is 0 Å². The van der Waals surface area contributed by atoms with Gasteiger partial charge in [0, 0.05) is 72.9 Å². The molecule has 0 bridgehead atoms. The topological polar surface area (TPSA) is 217 Å². The number of benzene rings is 2. The van der Waals surface area contributed by atoms with Crippen molar-refractivity contribution >= 4 is 23.9 Å². The summed E-state index contributed by atoms with van der Waals surface area (Å²) in [6.45, 7) is 15.6. The molecule has 3 saturated heterocycles. The summed E-state index contributed by atoms with van der Waals surface area (Å²) in [5, 5.41) is 25.4. The number of ether oxygens (including phenoxy) is 11. The summed E-state index contributed by atoms with van der Waals surface area (Å²) in [7, 11) is 8.16. The number of cyclic esters (lactones) is 1. The number of hydrogen-bond acceptors (Lipinski definition) is 19. The molecular formula is C59H92N2O17. The Morgan fingerprint density at radius 3 is 2.19 bits per heavy atom. The third kappa shape index (κ3) is 18.1. The maximum atomic E-state index is 14.2. The number of aliphatic hydroxyl groups is 2. The van der Waals surface area contributed by atoms with E-state index in [4.69, 9.17) is 52.1 Å². The Labute approximate surface area is 463 Å². The molecule has 440 valence electrons. The fourth-order valence-electron chi connectivity index (χ4n) is 11.6. The van der Waals surface area contributed by atoms with E-state index in [2.05, 4.69) is 11.0 Å². The standard InChI is InChI=1S/C59H92N2O17/c1-14-47(64)75-46-32-49(66)72-37(4)27-29-61(28-21-25-42-24-19-20-26-45(42)71-35-41-22-17-16-18-23-41)34-44(63)36(3)30-43(31-50(68-11)69-12)52(56(46)70-13)57-54(67)53(60(9)10)55(38(5)74-57)77-51-33-59(8,78-40(7)62)58(39(6)73-51)76-48(65)15-2/h16-20,22-24,26,36-39,43-44,46,50-58,63,67H,14-15,21,25,27-35H2,1-13H3/t36-,37-,38-,39+,43-,44+,46-,51+,52+,53-,54-,55-,56-,57+,58+,59-/m1/s1. The average Bonchev–Trinajstić information content (AvgIpc) is 3.43. The molecule has 19 heteroatoms. The highest BCUT2D eigenvalue weighted by atomic mass is 16.7. The molecule has 3 fully saturated rings. The Hall–Kier alpha value is -4.28. The van der Waals surface area contributed by atoms with E-state index >= 15 is 0 Å². The lowest BCUT2D eigenvalue weighted by molar-refractivity contribution is -0.320. The monoisotopic (exact) mass is 1100 g/mol. The molecule has 0 radical (unpaired) electrons. The predicted octanol–water partition coefficient (Wildman–Crippen LogP) is 6.43. The molecule has 0 aliphatic carbocycles. The molecule has 2 aromatic rings. The first-order valence-corrected chi connectivity index (χ1v) is 28.0. The number of nitrogens with zero attached hydrogens (tertiary/aromatic N) is 2. The highest BCUT2D eigenvalue weighted by Crippen LogP contribution is 2.43. The maximum Gasteiger partial charge on any atom is 0.309 e. The van der Waals surface area contributed by atoms with E-state index in [1.54, 1.807) is 27.7 Å². The van der Waals surface area contributed by atoms with Gasteiger partial charge in [-0.2, -0.15) is 0 Å². The molecule has 0 unspecified atom stereocenters. The van der Waals surface area contributed by atoms with E-state index in [0.717, 1.165) is 29.7 Å². The second-order valence-electron chi connectivity index (χ2n) is 21.9. The first-order chi connectivity index (χ1) is 37.1. The van der Waals surface area contributed by atoms with Crippen LogP contribution >= 0.6 is 0 Å². The molecular weight excluding hydrogens is 1010 g/mol. The van der Waals surface area contributed by atoms with Gasteiger partial charge in [-0.1, -0.05) is 69.3 Å². The Kier molecular flexibility index (Phi) is 25.7. The largest absolute Gasteiger partial charge is 0.489 e. The van der Waals surface area contributed by atoms with Crippen LogP contribution in [0.3, 0.4) is 0 Å². The zero-order valence-corrected chi connectivity index (χ0v) is 48.5. The van der Waals surface area contributed by atoms with Crippen molar-refractivity contribution in [1.29, 1.82) is 0 Å². The lowest BCUT2D eigenvalue weighted by Gasteiger charge is -2.53. The van der Waals surface area contributed by atoms with E-state index in [-0.39, 0.29) is 38.0 Å². The summed E-state index contributed by atoms with van der Waals surface area (Å²) in [4.78, 5) is 56.7. The first-order valence-electron chi connectivity index (χ1n) is 28.0.